The molecule has 1 aromatic heterocycles. The molecule has 1 N–H and O–H groups in total. The van der Waals surface area contributed by atoms with Crippen molar-refractivity contribution in [2.45, 2.75) is 17.9 Å². The third-order valence-electron chi connectivity index (χ3n) is 5.19. The maximum absolute atomic E-state index is 13.0. The molecule has 0 bridgehead atoms. The van der Waals surface area contributed by atoms with Gasteiger partial charge in [-0.05, 0) is 30.2 Å². The highest BCUT2D eigenvalue weighted by Crippen LogP contribution is 2.24. The number of sulfonamides is 1. The van der Waals surface area contributed by atoms with Crippen LogP contribution in [0.1, 0.15) is 5.56 Å². The number of rotatable bonds is 8. The predicted molar refractivity (Wildman–Crippen MR) is 119 cm³/mol. The summed E-state index contributed by atoms with van der Waals surface area (Å²) in [6, 6.07) is 14.5. The summed E-state index contributed by atoms with van der Waals surface area (Å²) >= 11 is 0. The van der Waals surface area contributed by atoms with Crippen molar-refractivity contribution in [3.63, 3.8) is 0 Å². The molecule has 0 saturated carbocycles. The number of carboxylic acid groups (broad SMARTS) is 1. The van der Waals surface area contributed by atoms with Crippen LogP contribution < -0.4 is 4.48 Å². The topological polar surface area (TPSA) is 79.6 Å². The summed E-state index contributed by atoms with van der Waals surface area (Å²) in [6.07, 6.45) is 2.29. The first-order chi connectivity index (χ1) is 14.0. The van der Waals surface area contributed by atoms with Gasteiger partial charge in [0.25, 0.3) is 0 Å². The average molecular weight is 431 g/mol. The molecule has 3 rings (SSSR count). The van der Waals surface area contributed by atoms with Gasteiger partial charge in [-0.1, -0.05) is 18.2 Å². The van der Waals surface area contributed by atoms with Crippen LogP contribution in [0.25, 0.3) is 10.9 Å². The molecule has 0 aliphatic carbocycles. The van der Waals surface area contributed by atoms with Gasteiger partial charge in [-0.2, -0.15) is 0 Å². The van der Waals surface area contributed by atoms with E-state index >= 15 is 0 Å². The molecule has 30 heavy (non-hydrogen) atoms. The Morgan fingerprint density at radius 1 is 1.07 bits per heavy atom. The maximum atomic E-state index is 13.0. The summed E-state index contributed by atoms with van der Waals surface area (Å²) in [5.74, 6) is -0.917. The zero-order chi connectivity index (χ0) is 22.1. The summed E-state index contributed by atoms with van der Waals surface area (Å²) in [6.45, 7) is 0.160. The van der Waals surface area contributed by atoms with Gasteiger partial charge in [-0.3, -0.25) is 9.28 Å². The summed E-state index contributed by atoms with van der Waals surface area (Å²) in [5, 5.41) is 10.1. The van der Waals surface area contributed by atoms with Gasteiger partial charge < -0.3 is 9.67 Å². The number of para-hydroxylation sites is 1. The van der Waals surface area contributed by atoms with Crippen LogP contribution in [-0.2, 0) is 27.8 Å². The van der Waals surface area contributed by atoms with Crippen molar-refractivity contribution in [1.82, 2.24) is 13.4 Å². The summed E-state index contributed by atoms with van der Waals surface area (Å²) < 4.78 is 29.6. The minimum atomic E-state index is -3.61. The number of nitrogens with zero attached hydrogens (tertiary/aromatic N) is 3. The fourth-order valence-electron chi connectivity index (χ4n) is 3.44. The monoisotopic (exact) mass is 430 g/mol. The molecule has 7 nitrogen and oxygen atoms in total. The lowest BCUT2D eigenvalue weighted by Gasteiger charge is -2.24. The predicted octanol–water partition coefficient (Wildman–Crippen LogP) is 2.79. The Balaban J connectivity index is 1.79. The number of aliphatic carboxylic acids is 1. The molecule has 0 unspecified atom stereocenters. The number of hydrogen-bond acceptors (Lipinski definition) is 3. The van der Waals surface area contributed by atoms with E-state index in [0.717, 1.165) is 22.2 Å². The van der Waals surface area contributed by atoms with E-state index in [9.17, 15) is 13.2 Å². The van der Waals surface area contributed by atoms with E-state index in [1.165, 1.54) is 4.31 Å². The van der Waals surface area contributed by atoms with Gasteiger partial charge >= 0.3 is 5.97 Å². The van der Waals surface area contributed by atoms with Crippen LogP contribution >= 0.6 is 0 Å². The SMILES string of the molecule is CN(CCc1cn(CC(=O)O)c2ccccc12)S(=O)(=O)c1ccc([N+](C)(C)C)cc1. The lowest BCUT2D eigenvalue weighted by Crippen LogP contribution is -2.34. The molecule has 0 fully saturated rings. The van der Waals surface area contributed by atoms with Gasteiger partial charge in [0.1, 0.15) is 12.2 Å². The van der Waals surface area contributed by atoms with Gasteiger partial charge in [0.2, 0.25) is 10.0 Å². The third kappa shape index (κ3) is 4.56. The minimum absolute atomic E-state index is 0.132. The zero-order valence-corrected chi connectivity index (χ0v) is 18.6. The molecule has 160 valence electrons. The first-order valence-electron chi connectivity index (χ1n) is 9.67. The highest BCUT2D eigenvalue weighted by atomic mass is 32.2. The molecule has 0 atom stereocenters. The number of likely N-dealkylation sites (N-methyl/N-ethyl adjacent to an activating group) is 1. The molecule has 2 aromatic carbocycles. The molecule has 3 aromatic rings. The second-order valence-corrected chi connectivity index (χ2v) is 10.3. The average Bonchev–Trinajstić information content (AvgIpc) is 3.02. The summed E-state index contributed by atoms with van der Waals surface area (Å²) in [7, 11) is 4.03. The highest BCUT2D eigenvalue weighted by Gasteiger charge is 2.22. The van der Waals surface area contributed by atoms with E-state index in [-0.39, 0.29) is 11.4 Å². The molecule has 0 radical (unpaired) electrons. The number of benzene rings is 2. The molecule has 8 heteroatoms. The first-order valence-corrected chi connectivity index (χ1v) is 11.1. The largest absolute Gasteiger partial charge is 0.480 e. The van der Waals surface area contributed by atoms with Crippen molar-refractivity contribution in [2.75, 3.05) is 34.7 Å². The van der Waals surface area contributed by atoms with Crippen LogP contribution in [0.5, 0.6) is 0 Å². The number of carbonyl (C=O) groups is 1. The Morgan fingerprint density at radius 3 is 2.30 bits per heavy atom. The Labute approximate surface area is 177 Å². The van der Waals surface area contributed by atoms with Crippen LogP contribution in [0.2, 0.25) is 0 Å². The van der Waals surface area contributed by atoms with Crippen LogP contribution in [0.4, 0.5) is 5.69 Å². The number of aromatic nitrogens is 1. The van der Waals surface area contributed by atoms with Crippen LogP contribution in [0.15, 0.2) is 59.6 Å². The van der Waals surface area contributed by atoms with Crippen molar-refractivity contribution in [3.8, 4) is 0 Å². The second kappa shape index (κ2) is 8.22. The highest BCUT2D eigenvalue weighted by molar-refractivity contribution is 7.89. The zero-order valence-electron chi connectivity index (χ0n) is 17.7. The molecule has 0 saturated heterocycles. The van der Waals surface area contributed by atoms with Crippen molar-refractivity contribution < 1.29 is 18.3 Å². The molecule has 1 heterocycles. The quantitative estimate of drug-likeness (QED) is 0.558. The lowest BCUT2D eigenvalue weighted by molar-refractivity contribution is -0.137. The Bertz CT molecular complexity index is 1160. The Kier molecular flexibility index (Phi) is 6.03. The van der Waals surface area contributed by atoms with Gasteiger partial charge in [-0.25, -0.2) is 12.7 Å². The van der Waals surface area contributed by atoms with Gasteiger partial charge in [-0.15, -0.1) is 0 Å². The van der Waals surface area contributed by atoms with Crippen LogP contribution in [-0.4, -0.2) is 63.1 Å². The van der Waals surface area contributed by atoms with Crippen molar-refractivity contribution in [2.24, 2.45) is 0 Å². The third-order valence-corrected chi connectivity index (χ3v) is 7.06. The molecule has 0 amide bonds. The van der Waals surface area contributed by atoms with E-state index in [1.807, 2.05) is 57.5 Å². The van der Waals surface area contributed by atoms with Crippen LogP contribution in [0.3, 0.4) is 0 Å². The number of quaternary nitrogens is 1. The molecular weight excluding hydrogens is 402 g/mol. The van der Waals surface area contributed by atoms with E-state index < -0.39 is 16.0 Å². The van der Waals surface area contributed by atoms with Crippen molar-refractivity contribution in [1.29, 1.82) is 0 Å². The van der Waals surface area contributed by atoms with E-state index in [1.54, 1.807) is 29.9 Å². The number of fused-ring (bicyclic) bond motifs is 1. The van der Waals surface area contributed by atoms with E-state index in [4.69, 9.17) is 5.11 Å². The van der Waals surface area contributed by atoms with Gasteiger partial charge in [0.05, 0.1) is 26.0 Å². The normalized spacial score (nSPS) is 12.6. The van der Waals surface area contributed by atoms with Crippen LogP contribution in [0, 0.1) is 0 Å². The lowest BCUT2D eigenvalue weighted by atomic mass is 10.1. The fraction of sp³-hybridized carbons (Fsp3) is 0.318. The molecule has 0 spiro atoms. The molecular formula is C22H28N3O4S+. The summed E-state index contributed by atoms with van der Waals surface area (Å²) in [4.78, 5) is 11.4. The minimum Gasteiger partial charge on any atom is -0.480 e. The standard InChI is InChI=1S/C22H27N3O4S/c1-23(30(28,29)19-11-9-18(10-12-19)25(2,3)4)14-13-17-15-24(16-22(26)27)21-8-6-5-7-20(17)21/h5-12,15H,13-14,16H2,1-4H3/p+1. The van der Waals surface area contributed by atoms with Crippen molar-refractivity contribution >= 4 is 32.6 Å². The number of carboxylic acids is 1. The summed E-state index contributed by atoms with van der Waals surface area (Å²) in [5.41, 5.74) is 2.77. The molecule has 0 aliphatic heterocycles. The maximum Gasteiger partial charge on any atom is 0.323 e. The Hall–Kier alpha value is -2.68. The number of hydrogen-bond donors (Lipinski definition) is 1. The van der Waals surface area contributed by atoms with E-state index in [2.05, 4.69) is 0 Å². The second-order valence-electron chi connectivity index (χ2n) is 8.28. The van der Waals surface area contributed by atoms with Gasteiger partial charge in [0.15, 0.2) is 0 Å². The smallest absolute Gasteiger partial charge is 0.323 e. The van der Waals surface area contributed by atoms with E-state index in [0.29, 0.717) is 17.4 Å². The van der Waals surface area contributed by atoms with Crippen molar-refractivity contribution in [3.05, 3.63) is 60.3 Å². The van der Waals surface area contributed by atoms with Gasteiger partial charge in [0, 0.05) is 42.8 Å². The Morgan fingerprint density at radius 2 is 1.70 bits per heavy atom. The molecule has 0 aliphatic rings. The first kappa shape index (κ1) is 22.0. The fourth-order valence-corrected chi connectivity index (χ4v) is 4.61.